The number of alkyl halides is 3. The zero-order chi connectivity index (χ0) is 27.1. The summed E-state index contributed by atoms with van der Waals surface area (Å²) >= 11 is 19.1. The van der Waals surface area contributed by atoms with Crippen LogP contribution in [0.4, 0.5) is 0 Å². The Kier molecular flexibility index (Phi) is 6.11. The first kappa shape index (κ1) is 26.0. The minimum absolute atomic E-state index is 0.0431. The maximum Gasteiger partial charge on any atom is 0.254 e. The fourth-order valence-corrected chi connectivity index (χ4v) is 8.88. The van der Waals surface area contributed by atoms with Crippen LogP contribution in [0.3, 0.4) is 0 Å². The maximum absolute atomic E-state index is 13.8. The highest BCUT2D eigenvalue weighted by atomic mass is 79.9. The molecule has 2 aliphatic carbocycles. The molecule has 1 aromatic heterocycles. The fraction of sp³-hybridized carbons (Fsp3) is 0.407. The molecule has 2 aliphatic heterocycles. The number of rotatable bonds is 4. The number of phenols is 1. The van der Waals surface area contributed by atoms with E-state index in [1.165, 1.54) is 22.3 Å². The van der Waals surface area contributed by atoms with Crippen LogP contribution in [0.5, 0.6) is 5.75 Å². The number of hydrogen-bond acceptors (Lipinski definition) is 6. The van der Waals surface area contributed by atoms with E-state index in [4.69, 9.17) is 23.2 Å². The van der Waals surface area contributed by atoms with Gasteiger partial charge in [0, 0.05) is 10.8 Å². The number of benzene rings is 1. The van der Waals surface area contributed by atoms with Crippen molar-refractivity contribution in [1.29, 1.82) is 0 Å². The third-order valence-corrected chi connectivity index (χ3v) is 11.3. The van der Waals surface area contributed by atoms with Crippen molar-refractivity contribution in [2.45, 2.75) is 42.0 Å². The molecule has 198 valence electrons. The van der Waals surface area contributed by atoms with E-state index < -0.39 is 45.2 Å². The van der Waals surface area contributed by atoms with E-state index in [0.29, 0.717) is 17.5 Å². The summed E-state index contributed by atoms with van der Waals surface area (Å²) < 4.78 is 0. The largest absolute Gasteiger partial charge is 0.508 e. The van der Waals surface area contributed by atoms with Crippen LogP contribution in [-0.4, -0.2) is 53.7 Å². The van der Waals surface area contributed by atoms with Crippen LogP contribution in [0.1, 0.15) is 34.8 Å². The molecule has 4 aliphatic rings. The molecule has 0 spiro atoms. The topological polar surface area (TPSA) is 95.0 Å². The van der Waals surface area contributed by atoms with Crippen LogP contribution in [-0.2, 0) is 25.7 Å². The monoisotopic (exact) mass is 636 g/mol. The number of amides is 4. The van der Waals surface area contributed by atoms with Gasteiger partial charge in [-0.15, -0.1) is 34.5 Å². The minimum atomic E-state index is -1.85. The number of halogens is 3. The van der Waals surface area contributed by atoms with E-state index in [1.54, 1.807) is 19.1 Å². The van der Waals surface area contributed by atoms with Gasteiger partial charge in [0.05, 0.1) is 23.8 Å². The number of nitrogens with zero attached hydrogens (tertiary/aromatic N) is 2. The Hall–Kier alpha value is -2.20. The lowest BCUT2D eigenvalue weighted by atomic mass is 9.56. The number of imide groups is 2. The number of carbonyl (C=O) groups excluding carboxylic acids is 4. The molecule has 1 aromatic carbocycles. The van der Waals surface area contributed by atoms with E-state index >= 15 is 0 Å². The number of aromatic hydroxyl groups is 1. The molecule has 3 fully saturated rings. The van der Waals surface area contributed by atoms with Gasteiger partial charge in [0.15, 0.2) is 9.75 Å². The normalized spacial score (nSPS) is 34.4. The van der Waals surface area contributed by atoms with Crippen LogP contribution >= 0.6 is 50.5 Å². The van der Waals surface area contributed by atoms with Gasteiger partial charge in [-0.3, -0.25) is 29.0 Å². The Labute approximate surface area is 241 Å². The standard InChI is InChI=1S/C27H23BrCl2N2O5S/c1-13-9-14(4-7-19(13)33)21-16-5-6-17-20(23(35)31(22(17)34)11-15-3-2-8-38-15)18(16)10-26(29)24(36)32(12-28)25(37)27(21,26)30/h2-5,7-9,17-18,20-21,33H,6,10-12H2,1H3/t17-,18+,20-,21-,26+,27-/m0/s1. The Balaban J connectivity index is 1.50. The van der Waals surface area contributed by atoms with Crippen molar-refractivity contribution in [3.8, 4) is 5.75 Å². The Bertz CT molecular complexity index is 1430. The van der Waals surface area contributed by atoms with E-state index in [-0.39, 0.29) is 36.0 Å². The molecule has 0 bridgehead atoms. The molecule has 1 N–H and O–H groups in total. The van der Waals surface area contributed by atoms with E-state index in [2.05, 4.69) is 15.9 Å². The zero-order valence-electron chi connectivity index (χ0n) is 20.2. The van der Waals surface area contributed by atoms with Crippen LogP contribution in [0.25, 0.3) is 0 Å². The van der Waals surface area contributed by atoms with E-state index in [9.17, 15) is 24.3 Å². The minimum Gasteiger partial charge on any atom is -0.508 e. The van der Waals surface area contributed by atoms with Gasteiger partial charge in [-0.2, -0.15) is 0 Å². The molecule has 3 heterocycles. The molecular weight excluding hydrogens is 615 g/mol. The van der Waals surface area contributed by atoms with Gasteiger partial charge in [0.25, 0.3) is 11.8 Å². The van der Waals surface area contributed by atoms with Crippen molar-refractivity contribution < 1.29 is 24.3 Å². The summed E-state index contributed by atoms with van der Waals surface area (Å²) in [6.07, 6.45) is 2.19. The van der Waals surface area contributed by atoms with Crippen LogP contribution in [0, 0.1) is 24.7 Å². The molecule has 6 atom stereocenters. The number of phenolic OH excluding ortho intramolecular Hbond substituents is 1. The number of carbonyl (C=O) groups is 4. The smallest absolute Gasteiger partial charge is 0.254 e. The molecule has 38 heavy (non-hydrogen) atoms. The average molecular weight is 638 g/mol. The lowest BCUT2D eigenvalue weighted by Gasteiger charge is -2.50. The van der Waals surface area contributed by atoms with Gasteiger partial charge < -0.3 is 5.11 Å². The van der Waals surface area contributed by atoms with Gasteiger partial charge in [0.1, 0.15) is 5.75 Å². The van der Waals surface area contributed by atoms with E-state index in [1.807, 2.05) is 23.6 Å². The van der Waals surface area contributed by atoms with Crippen molar-refractivity contribution >= 4 is 74.1 Å². The summed E-state index contributed by atoms with van der Waals surface area (Å²) in [5.74, 6) is -4.35. The Morgan fingerprint density at radius 2 is 1.84 bits per heavy atom. The predicted molar refractivity (Wildman–Crippen MR) is 146 cm³/mol. The highest BCUT2D eigenvalue weighted by Crippen LogP contribution is 2.65. The van der Waals surface area contributed by atoms with Gasteiger partial charge in [-0.1, -0.05) is 45.8 Å². The Morgan fingerprint density at radius 3 is 2.50 bits per heavy atom. The van der Waals surface area contributed by atoms with Gasteiger partial charge >= 0.3 is 0 Å². The van der Waals surface area contributed by atoms with Crippen molar-refractivity contribution in [2.75, 3.05) is 5.45 Å². The number of thiophene rings is 1. The molecule has 6 rings (SSSR count). The second-order valence-electron chi connectivity index (χ2n) is 10.4. The third kappa shape index (κ3) is 3.31. The summed E-state index contributed by atoms with van der Waals surface area (Å²) in [6.45, 7) is 1.93. The number of fused-ring (bicyclic) bond motifs is 4. The van der Waals surface area contributed by atoms with Crippen molar-refractivity contribution in [2.24, 2.45) is 17.8 Å². The number of aryl methyl sites for hydroxylation is 1. The molecule has 4 amide bonds. The first-order chi connectivity index (χ1) is 18.0. The van der Waals surface area contributed by atoms with Crippen LogP contribution in [0.15, 0.2) is 47.4 Å². The van der Waals surface area contributed by atoms with Crippen molar-refractivity contribution in [3.05, 3.63) is 63.4 Å². The molecule has 11 heteroatoms. The van der Waals surface area contributed by atoms with Gasteiger partial charge in [-0.25, -0.2) is 0 Å². The third-order valence-electron chi connectivity index (χ3n) is 8.55. The summed E-state index contributed by atoms with van der Waals surface area (Å²) in [4.78, 5) is 54.2. The lowest BCUT2D eigenvalue weighted by Crippen LogP contribution is -2.60. The molecule has 7 nitrogen and oxygen atoms in total. The maximum atomic E-state index is 13.8. The summed E-state index contributed by atoms with van der Waals surface area (Å²) in [6, 6.07) is 8.68. The highest BCUT2D eigenvalue weighted by molar-refractivity contribution is 9.09. The number of likely N-dealkylation sites (tertiary alicyclic amines) is 2. The second-order valence-corrected chi connectivity index (χ2v) is 13.1. The first-order valence-electron chi connectivity index (χ1n) is 12.2. The first-order valence-corrected chi connectivity index (χ1v) is 15.0. The lowest BCUT2D eigenvalue weighted by molar-refractivity contribution is -0.141. The van der Waals surface area contributed by atoms with Gasteiger partial charge in [-0.05, 0) is 54.3 Å². The number of allylic oxidation sites excluding steroid dienone is 2. The molecule has 2 saturated heterocycles. The molecule has 2 aromatic rings. The van der Waals surface area contributed by atoms with Crippen LogP contribution in [0.2, 0.25) is 0 Å². The zero-order valence-corrected chi connectivity index (χ0v) is 24.1. The van der Waals surface area contributed by atoms with Crippen molar-refractivity contribution in [1.82, 2.24) is 9.80 Å². The average Bonchev–Trinajstić information content (AvgIpc) is 3.53. The second kappa shape index (κ2) is 8.91. The van der Waals surface area contributed by atoms with Crippen molar-refractivity contribution in [3.63, 3.8) is 0 Å². The quantitative estimate of drug-likeness (QED) is 0.228. The summed E-state index contributed by atoms with van der Waals surface area (Å²) in [5.41, 5.74) is 1.85. The SMILES string of the molecule is Cc1cc([C@H]2C3=CC[C@@H]4C(=O)N(Cc5cccs5)C(=O)[C@@H]4[C@@H]3C[C@@]3(Cl)C(=O)N(CBr)C(=O)[C@@]23Cl)ccc1O. The highest BCUT2D eigenvalue weighted by Gasteiger charge is 2.76. The number of hydrogen-bond donors (Lipinski definition) is 1. The molecule has 0 unspecified atom stereocenters. The molecular formula is C27H23BrCl2N2O5S. The summed E-state index contributed by atoms with van der Waals surface area (Å²) in [7, 11) is 0. The van der Waals surface area contributed by atoms with E-state index in [0.717, 1.165) is 15.4 Å². The predicted octanol–water partition coefficient (Wildman–Crippen LogP) is 4.67. The van der Waals surface area contributed by atoms with Gasteiger partial charge in [0.2, 0.25) is 11.8 Å². The fourth-order valence-electron chi connectivity index (χ4n) is 6.76. The molecule has 1 saturated carbocycles. The van der Waals surface area contributed by atoms with Crippen LogP contribution < -0.4 is 0 Å². The molecule has 0 radical (unpaired) electrons. The Morgan fingerprint density at radius 1 is 1.08 bits per heavy atom. The summed E-state index contributed by atoms with van der Waals surface area (Å²) in [5, 5.41) is 12.1.